The van der Waals surface area contributed by atoms with Gasteiger partial charge >= 0.3 is 5.97 Å². The zero-order chi connectivity index (χ0) is 19.2. The predicted octanol–water partition coefficient (Wildman–Crippen LogP) is 3.98. The maximum absolute atomic E-state index is 11.6. The molecule has 2 unspecified atom stereocenters. The summed E-state index contributed by atoms with van der Waals surface area (Å²) in [5, 5.41) is 9.54. The second-order valence-corrected chi connectivity index (χ2v) is 6.79. The van der Waals surface area contributed by atoms with Gasteiger partial charge in [-0.25, -0.2) is 0 Å². The third-order valence-corrected chi connectivity index (χ3v) is 5.11. The van der Waals surface area contributed by atoms with Crippen molar-refractivity contribution in [2.45, 2.75) is 25.8 Å². The molecule has 1 saturated heterocycles. The number of hydrogen-bond donors (Lipinski definition) is 1. The Bertz CT molecular complexity index is 776. The second-order valence-electron chi connectivity index (χ2n) is 6.79. The van der Waals surface area contributed by atoms with E-state index in [1.807, 2.05) is 43.3 Å². The second kappa shape index (κ2) is 8.91. The molecule has 1 aliphatic rings. The van der Waals surface area contributed by atoms with E-state index >= 15 is 0 Å². The van der Waals surface area contributed by atoms with Crippen LogP contribution in [-0.4, -0.2) is 42.8 Å². The summed E-state index contributed by atoms with van der Waals surface area (Å²) in [6.07, 6.45) is 1.58. The van der Waals surface area contributed by atoms with Crippen LogP contribution in [0.25, 0.3) is 0 Å². The number of carboxylic acids is 1. The lowest BCUT2D eigenvalue weighted by Gasteiger charge is -2.38. The van der Waals surface area contributed by atoms with E-state index in [1.54, 1.807) is 7.11 Å². The van der Waals surface area contributed by atoms with Crippen LogP contribution in [0.2, 0.25) is 0 Å². The van der Waals surface area contributed by atoms with E-state index in [-0.39, 0.29) is 12.0 Å². The molecule has 0 spiro atoms. The fourth-order valence-electron chi connectivity index (χ4n) is 3.89. The number of hydrogen-bond acceptors (Lipinski definition) is 4. The Morgan fingerprint density at radius 2 is 1.78 bits per heavy atom. The summed E-state index contributed by atoms with van der Waals surface area (Å²) in [6, 6.07) is 15.8. The Morgan fingerprint density at radius 1 is 1.15 bits per heavy atom. The molecule has 144 valence electrons. The molecule has 2 aromatic rings. The predicted molar refractivity (Wildman–Crippen MR) is 104 cm³/mol. The molecule has 27 heavy (non-hydrogen) atoms. The Morgan fingerprint density at radius 3 is 2.41 bits per heavy atom. The van der Waals surface area contributed by atoms with Crippen molar-refractivity contribution >= 4 is 5.97 Å². The largest absolute Gasteiger partial charge is 0.496 e. The standard InChI is InChI=1S/C22H27NO4/c1-3-27-20-13-7-5-11-18(20)21(17-10-4-6-12-19(17)26-2)23-14-8-9-16(15-23)22(24)25/h4-7,10-13,16,21H,3,8-9,14-15H2,1-2H3,(H,24,25). The third kappa shape index (κ3) is 4.25. The van der Waals surface area contributed by atoms with E-state index in [0.717, 1.165) is 42.0 Å². The van der Waals surface area contributed by atoms with Crippen molar-refractivity contribution in [2.75, 3.05) is 26.8 Å². The number of rotatable bonds is 7. The van der Waals surface area contributed by atoms with E-state index in [1.165, 1.54) is 0 Å². The van der Waals surface area contributed by atoms with Crippen LogP contribution < -0.4 is 9.47 Å². The van der Waals surface area contributed by atoms with Crippen LogP contribution in [0.1, 0.15) is 36.9 Å². The van der Waals surface area contributed by atoms with Crippen molar-refractivity contribution in [3.63, 3.8) is 0 Å². The summed E-state index contributed by atoms with van der Waals surface area (Å²) >= 11 is 0. The number of ether oxygens (including phenoxy) is 2. The maximum atomic E-state index is 11.6. The zero-order valence-electron chi connectivity index (χ0n) is 15.9. The average Bonchev–Trinajstić information content (AvgIpc) is 2.70. The molecule has 0 aliphatic carbocycles. The first kappa shape index (κ1) is 19.2. The lowest BCUT2D eigenvalue weighted by molar-refractivity contribution is -0.143. The number of para-hydroxylation sites is 2. The van der Waals surface area contributed by atoms with Crippen molar-refractivity contribution in [1.82, 2.24) is 4.90 Å². The molecule has 5 nitrogen and oxygen atoms in total. The van der Waals surface area contributed by atoms with Gasteiger partial charge in [0.2, 0.25) is 0 Å². The Labute approximate surface area is 160 Å². The zero-order valence-corrected chi connectivity index (χ0v) is 15.9. The smallest absolute Gasteiger partial charge is 0.307 e. The van der Waals surface area contributed by atoms with Gasteiger partial charge in [0.05, 0.1) is 25.7 Å². The van der Waals surface area contributed by atoms with Crippen molar-refractivity contribution in [3.05, 3.63) is 59.7 Å². The lowest BCUT2D eigenvalue weighted by Crippen LogP contribution is -2.41. The fraction of sp³-hybridized carbons (Fsp3) is 0.409. The molecule has 0 aromatic heterocycles. The quantitative estimate of drug-likeness (QED) is 0.800. The summed E-state index contributed by atoms with van der Waals surface area (Å²) < 4.78 is 11.5. The number of nitrogens with zero attached hydrogens (tertiary/aromatic N) is 1. The fourth-order valence-corrected chi connectivity index (χ4v) is 3.89. The Kier molecular flexibility index (Phi) is 6.35. The van der Waals surface area contributed by atoms with Gasteiger partial charge in [-0.3, -0.25) is 9.69 Å². The van der Waals surface area contributed by atoms with Crippen molar-refractivity contribution in [2.24, 2.45) is 5.92 Å². The molecule has 5 heteroatoms. The molecule has 2 aromatic carbocycles. The molecular weight excluding hydrogens is 342 g/mol. The first-order valence-corrected chi connectivity index (χ1v) is 9.47. The lowest BCUT2D eigenvalue weighted by atomic mass is 9.90. The normalized spacial score (nSPS) is 18.7. The maximum Gasteiger partial charge on any atom is 0.307 e. The van der Waals surface area contributed by atoms with Crippen LogP contribution in [0.4, 0.5) is 0 Å². The first-order valence-electron chi connectivity index (χ1n) is 9.47. The van der Waals surface area contributed by atoms with Gasteiger partial charge in [-0.15, -0.1) is 0 Å². The number of carboxylic acid groups (broad SMARTS) is 1. The molecule has 0 amide bonds. The van der Waals surface area contributed by atoms with E-state index in [0.29, 0.717) is 13.2 Å². The topological polar surface area (TPSA) is 59.0 Å². The van der Waals surface area contributed by atoms with Crippen LogP contribution in [0.15, 0.2) is 48.5 Å². The highest BCUT2D eigenvalue weighted by Gasteiger charge is 2.33. The molecule has 1 fully saturated rings. The van der Waals surface area contributed by atoms with Crippen LogP contribution in [0.5, 0.6) is 11.5 Å². The van der Waals surface area contributed by atoms with Gasteiger partial charge in [0.1, 0.15) is 11.5 Å². The molecule has 3 rings (SSSR count). The number of methoxy groups -OCH3 is 1. The third-order valence-electron chi connectivity index (χ3n) is 5.11. The summed E-state index contributed by atoms with van der Waals surface area (Å²) in [5.74, 6) is 0.548. The highest BCUT2D eigenvalue weighted by Crippen LogP contribution is 2.40. The summed E-state index contributed by atoms with van der Waals surface area (Å²) in [6.45, 7) is 3.90. The Balaban J connectivity index is 2.08. The minimum Gasteiger partial charge on any atom is -0.496 e. The highest BCUT2D eigenvalue weighted by atomic mass is 16.5. The molecular formula is C22H27NO4. The van der Waals surface area contributed by atoms with Crippen LogP contribution in [0, 0.1) is 5.92 Å². The highest BCUT2D eigenvalue weighted by molar-refractivity contribution is 5.70. The monoisotopic (exact) mass is 369 g/mol. The van der Waals surface area contributed by atoms with Gasteiger partial charge in [-0.1, -0.05) is 36.4 Å². The van der Waals surface area contributed by atoms with E-state index in [9.17, 15) is 9.90 Å². The summed E-state index contributed by atoms with van der Waals surface area (Å²) in [5.41, 5.74) is 2.06. The molecule has 1 heterocycles. The van der Waals surface area contributed by atoms with Crippen LogP contribution in [0.3, 0.4) is 0 Å². The van der Waals surface area contributed by atoms with Crippen molar-refractivity contribution < 1.29 is 19.4 Å². The first-order chi connectivity index (χ1) is 13.2. The number of likely N-dealkylation sites (tertiary alicyclic amines) is 1. The van der Waals surface area contributed by atoms with Crippen LogP contribution >= 0.6 is 0 Å². The molecule has 1 N–H and O–H groups in total. The van der Waals surface area contributed by atoms with Crippen molar-refractivity contribution in [3.8, 4) is 11.5 Å². The molecule has 0 radical (unpaired) electrons. The van der Waals surface area contributed by atoms with E-state index < -0.39 is 5.97 Å². The average molecular weight is 369 g/mol. The summed E-state index contributed by atoms with van der Waals surface area (Å²) in [4.78, 5) is 13.9. The van der Waals surface area contributed by atoms with Gasteiger partial charge in [0.25, 0.3) is 0 Å². The molecule has 0 bridgehead atoms. The molecule has 0 saturated carbocycles. The van der Waals surface area contributed by atoms with Gasteiger partial charge in [-0.2, -0.15) is 0 Å². The SMILES string of the molecule is CCOc1ccccc1C(c1ccccc1OC)N1CCCC(C(=O)O)C1. The van der Waals surface area contributed by atoms with Crippen molar-refractivity contribution in [1.29, 1.82) is 0 Å². The van der Waals surface area contributed by atoms with Gasteiger partial charge in [-0.05, 0) is 38.4 Å². The van der Waals surface area contributed by atoms with Gasteiger partial charge in [0.15, 0.2) is 0 Å². The molecule has 2 atom stereocenters. The number of piperidine rings is 1. The van der Waals surface area contributed by atoms with Gasteiger partial charge < -0.3 is 14.6 Å². The minimum absolute atomic E-state index is 0.119. The number of aliphatic carboxylic acids is 1. The van der Waals surface area contributed by atoms with Gasteiger partial charge in [0, 0.05) is 17.7 Å². The number of benzene rings is 2. The van der Waals surface area contributed by atoms with Crippen LogP contribution in [-0.2, 0) is 4.79 Å². The molecule has 1 aliphatic heterocycles. The Hall–Kier alpha value is -2.53. The van der Waals surface area contributed by atoms with E-state index in [2.05, 4.69) is 17.0 Å². The summed E-state index contributed by atoms with van der Waals surface area (Å²) in [7, 11) is 1.67. The minimum atomic E-state index is -0.725. The number of carbonyl (C=O) groups is 1. The van der Waals surface area contributed by atoms with E-state index in [4.69, 9.17) is 9.47 Å².